The van der Waals surface area contributed by atoms with E-state index in [9.17, 15) is 4.39 Å². The molecular weight excluding hydrogens is 199 g/mol. The van der Waals surface area contributed by atoms with Crippen molar-refractivity contribution in [1.82, 2.24) is 10.1 Å². The first kappa shape index (κ1) is 9.79. The normalized spacial score (nSPS) is 10.5. The number of hydrogen-bond acceptors (Lipinski definition) is 4. The molecule has 0 amide bonds. The minimum Gasteiger partial charge on any atom is -0.396 e. The molecule has 0 atom stereocenters. The number of halogens is 1. The third-order valence-corrected chi connectivity index (χ3v) is 1.91. The van der Waals surface area contributed by atoms with E-state index in [0.717, 1.165) is 0 Å². The van der Waals surface area contributed by atoms with E-state index in [1.54, 1.807) is 18.2 Å². The van der Waals surface area contributed by atoms with E-state index in [2.05, 4.69) is 10.1 Å². The molecule has 1 aromatic heterocycles. The fraction of sp³-hybridized carbons (Fsp3) is 0.200. The van der Waals surface area contributed by atoms with Gasteiger partial charge in [0.15, 0.2) is 5.82 Å². The fourth-order valence-electron chi connectivity index (χ4n) is 1.20. The maximum absolute atomic E-state index is 13.3. The summed E-state index contributed by atoms with van der Waals surface area (Å²) in [5, 5.41) is 12.3. The van der Waals surface area contributed by atoms with Crippen molar-refractivity contribution in [3.8, 4) is 11.5 Å². The summed E-state index contributed by atoms with van der Waals surface area (Å²) in [7, 11) is 0. The topological polar surface area (TPSA) is 59.2 Å². The van der Waals surface area contributed by atoms with Gasteiger partial charge in [-0.3, -0.25) is 0 Å². The molecule has 2 aromatic rings. The molecule has 4 nitrogen and oxygen atoms in total. The van der Waals surface area contributed by atoms with E-state index in [1.807, 2.05) is 0 Å². The van der Waals surface area contributed by atoms with Gasteiger partial charge in [0, 0.05) is 6.42 Å². The van der Waals surface area contributed by atoms with Gasteiger partial charge in [0.2, 0.25) is 0 Å². The highest BCUT2D eigenvalue weighted by Gasteiger charge is 2.11. The Kier molecular flexibility index (Phi) is 2.73. The Morgan fingerprint density at radius 1 is 1.33 bits per heavy atom. The number of aromatic nitrogens is 2. The third-order valence-electron chi connectivity index (χ3n) is 1.91. The molecule has 0 unspecified atom stereocenters. The van der Waals surface area contributed by atoms with E-state index in [1.165, 1.54) is 6.07 Å². The molecule has 0 aliphatic carbocycles. The first-order chi connectivity index (χ1) is 7.31. The maximum Gasteiger partial charge on any atom is 0.260 e. The zero-order chi connectivity index (χ0) is 10.7. The van der Waals surface area contributed by atoms with Crippen LogP contribution in [-0.4, -0.2) is 21.9 Å². The lowest BCUT2D eigenvalue weighted by Crippen LogP contribution is -1.92. The van der Waals surface area contributed by atoms with E-state index < -0.39 is 5.82 Å². The molecule has 0 aliphatic heterocycles. The van der Waals surface area contributed by atoms with Crippen molar-refractivity contribution >= 4 is 0 Å². The molecule has 5 heteroatoms. The molecule has 15 heavy (non-hydrogen) atoms. The predicted octanol–water partition coefficient (Wildman–Crippen LogP) is 1.41. The third kappa shape index (κ3) is 2.02. The van der Waals surface area contributed by atoms with Crippen LogP contribution in [0.25, 0.3) is 11.5 Å². The summed E-state index contributed by atoms with van der Waals surface area (Å²) in [6.07, 6.45) is 0.304. The molecule has 1 heterocycles. The maximum atomic E-state index is 13.3. The minimum absolute atomic E-state index is 0.0593. The second-order valence-electron chi connectivity index (χ2n) is 2.97. The second-order valence-corrected chi connectivity index (χ2v) is 2.97. The zero-order valence-electron chi connectivity index (χ0n) is 7.85. The van der Waals surface area contributed by atoms with E-state index in [0.29, 0.717) is 12.2 Å². The van der Waals surface area contributed by atoms with Gasteiger partial charge < -0.3 is 9.63 Å². The first-order valence-corrected chi connectivity index (χ1v) is 4.49. The number of rotatable bonds is 3. The highest BCUT2D eigenvalue weighted by Crippen LogP contribution is 2.20. The lowest BCUT2D eigenvalue weighted by Gasteiger charge is -1.94. The molecule has 0 spiro atoms. The van der Waals surface area contributed by atoms with Crippen LogP contribution >= 0.6 is 0 Å². The Morgan fingerprint density at radius 3 is 2.87 bits per heavy atom. The Morgan fingerprint density at radius 2 is 2.13 bits per heavy atom. The summed E-state index contributed by atoms with van der Waals surface area (Å²) >= 11 is 0. The van der Waals surface area contributed by atoms with Crippen LogP contribution in [0.3, 0.4) is 0 Å². The largest absolute Gasteiger partial charge is 0.396 e. The van der Waals surface area contributed by atoms with Crippen molar-refractivity contribution in [2.24, 2.45) is 0 Å². The summed E-state index contributed by atoms with van der Waals surface area (Å²) in [6, 6.07) is 6.16. The summed E-state index contributed by atoms with van der Waals surface area (Å²) in [5.41, 5.74) is 0.272. The van der Waals surface area contributed by atoms with Crippen LogP contribution in [-0.2, 0) is 6.42 Å². The van der Waals surface area contributed by atoms with Gasteiger partial charge in [-0.05, 0) is 12.1 Å². The Hall–Kier alpha value is -1.75. The lowest BCUT2D eigenvalue weighted by atomic mass is 10.2. The zero-order valence-corrected chi connectivity index (χ0v) is 7.85. The smallest absolute Gasteiger partial charge is 0.260 e. The van der Waals surface area contributed by atoms with Crippen molar-refractivity contribution < 1.29 is 14.0 Å². The number of hydrogen-bond donors (Lipinski definition) is 1. The van der Waals surface area contributed by atoms with Crippen LogP contribution in [0.15, 0.2) is 28.8 Å². The molecule has 0 saturated heterocycles. The molecule has 0 bridgehead atoms. The predicted molar refractivity (Wildman–Crippen MR) is 50.5 cm³/mol. The highest BCUT2D eigenvalue weighted by atomic mass is 19.1. The Balaban J connectivity index is 2.33. The first-order valence-electron chi connectivity index (χ1n) is 4.49. The van der Waals surface area contributed by atoms with Crippen molar-refractivity contribution in [3.05, 3.63) is 35.9 Å². The van der Waals surface area contributed by atoms with E-state index >= 15 is 0 Å². The van der Waals surface area contributed by atoms with Gasteiger partial charge in [0.1, 0.15) is 5.82 Å². The molecule has 2 rings (SSSR count). The highest BCUT2D eigenvalue weighted by molar-refractivity contribution is 5.53. The van der Waals surface area contributed by atoms with Gasteiger partial charge in [-0.15, -0.1) is 0 Å². The summed E-state index contributed by atoms with van der Waals surface area (Å²) < 4.78 is 18.2. The van der Waals surface area contributed by atoms with E-state index in [4.69, 9.17) is 9.63 Å². The second kappa shape index (κ2) is 4.18. The average molecular weight is 208 g/mol. The molecule has 1 aromatic carbocycles. The SMILES string of the molecule is OCCc1noc(-c2ccccc2F)n1. The summed E-state index contributed by atoms with van der Waals surface area (Å²) in [5.74, 6) is 0.101. The van der Waals surface area contributed by atoms with Gasteiger partial charge in [0.25, 0.3) is 5.89 Å². The van der Waals surface area contributed by atoms with Crippen molar-refractivity contribution in [2.45, 2.75) is 6.42 Å². The van der Waals surface area contributed by atoms with Gasteiger partial charge in [0.05, 0.1) is 12.2 Å². The van der Waals surface area contributed by atoms with Crippen LogP contribution in [0.1, 0.15) is 5.82 Å². The minimum atomic E-state index is -0.406. The van der Waals surface area contributed by atoms with Gasteiger partial charge in [-0.25, -0.2) is 4.39 Å². The van der Waals surface area contributed by atoms with Crippen LogP contribution in [0, 0.1) is 5.82 Å². The fourth-order valence-corrected chi connectivity index (χ4v) is 1.20. The summed E-state index contributed by atoms with van der Waals surface area (Å²) in [4.78, 5) is 3.95. The monoisotopic (exact) mass is 208 g/mol. The number of aliphatic hydroxyl groups excluding tert-OH is 1. The molecule has 0 radical (unpaired) electrons. The standard InChI is InChI=1S/C10H9FN2O2/c11-8-4-2-1-3-7(8)10-12-9(5-6-14)13-15-10/h1-4,14H,5-6H2. The molecule has 0 aliphatic rings. The van der Waals surface area contributed by atoms with Crippen LogP contribution < -0.4 is 0 Å². The molecular formula is C10H9FN2O2. The molecule has 1 N–H and O–H groups in total. The number of benzene rings is 1. The van der Waals surface area contributed by atoms with Crippen LogP contribution in [0.2, 0.25) is 0 Å². The molecule has 78 valence electrons. The van der Waals surface area contributed by atoms with Crippen molar-refractivity contribution in [3.63, 3.8) is 0 Å². The van der Waals surface area contributed by atoms with Gasteiger partial charge >= 0.3 is 0 Å². The van der Waals surface area contributed by atoms with Gasteiger partial charge in [-0.1, -0.05) is 17.3 Å². The Bertz CT molecular complexity index is 456. The van der Waals surface area contributed by atoms with Crippen molar-refractivity contribution in [1.29, 1.82) is 0 Å². The van der Waals surface area contributed by atoms with Crippen molar-refractivity contribution in [2.75, 3.05) is 6.61 Å². The van der Waals surface area contributed by atoms with Crippen LogP contribution in [0.4, 0.5) is 4.39 Å². The number of aliphatic hydroxyl groups is 1. The van der Waals surface area contributed by atoms with Gasteiger partial charge in [-0.2, -0.15) is 4.98 Å². The Labute approximate surface area is 85.4 Å². The molecule has 0 saturated carbocycles. The average Bonchev–Trinajstić information content (AvgIpc) is 2.68. The van der Waals surface area contributed by atoms with E-state index in [-0.39, 0.29) is 18.1 Å². The summed E-state index contributed by atoms with van der Waals surface area (Å²) in [6.45, 7) is -0.0593. The number of nitrogens with zero attached hydrogens (tertiary/aromatic N) is 2. The lowest BCUT2D eigenvalue weighted by molar-refractivity contribution is 0.293. The quantitative estimate of drug-likeness (QED) is 0.828. The van der Waals surface area contributed by atoms with Crippen LogP contribution in [0.5, 0.6) is 0 Å². The molecule has 0 fully saturated rings.